The Morgan fingerprint density at radius 1 is 1.19 bits per heavy atom. The smallest absolute Gasteiger partial charge is 0.387 e. The zero-order valence-electron chi connectivity index (χ0n) is 17.0. The molecule has 0 spiro atoms. The predicted octanol–water partition coefficient (Wildman–Crippen LogP) is 5.60. The number of pyridine rings is 1. The molecule has 168 valence electrons. The lowest BCUT2D eigenvalue weighted by molar-refractivity contribution is -0.0504. The largest absolute Gasteiger partial charge is 0.435 e. The number of para-hydroxylation sites is 1. The SMILES string of the molecule is C=C(CCc1ccccc1OC(F)F)C(=O)c1cc(-c2nnc(C(F)F)o2)cnc1CC. The first-order valence-corrected chi connectivity index (χ1v) is 9.66. The van der Waals surface area contributed by atoms with E-state index in [9.17, 15) is 22.4 Å². The van der Waals surface area contributed by atoms with Gasteiger partial charge in [0.05, 0.1) is 11.3 Å². The van der Waals surface area contributed by atoms with Gasteiger partial charge in [0.1, 0.15) is 5.75 Å². The zero-order valence-corrected chi connectivity index (χ0v) is 17.0. The summed E-state index contributed by atoms with van der Waals surface area (Å²) >= 11 is 0. The van der Waals surface area contributed by atoms with E-state index in [4.69, 9.17) is 4.42 Å². The number of nitrogens with zero attached hydrogens (tertiary/aromatic N) is 3. The number of carbonyl (C=O) groups excluding carboxylic acids is 1. The first kappa shape index (κ1) is 23.1. The van der Waals surface area contributed by atoms with Crippen LogP contribution >= 0.6 is 0 Å². The number of hydrogen-bond acceptors (Lipinski definition) is 6. The van der Waals surface area contributed by atoms with Crippen LogP contribution in [0.4, 0.5) is 17.6 Å². The number of rotatable bonds is 10. The highest BCUT2D eigenvalue weighted by molar-refractivity contribution is 6.09. The number of halogens is 4. The van der Waals surface area contributed by atoms with Gasteiger partial charge < -0.3 is 9.15 Å². The van der Waals surface area contributed by atoms with Crippen molar-refractivity contribution < 1.29 is 31.5 Å². The third-order valence-electron chi connectivity index (χ3n) is 4.63. The van der Waals surface area contributed by atoms with E-state index >= 15 is 0 Å². The highest BCUT2D eigenvalue weighted by Gasteiger charge is 2.21. The molecule has 0 radical (unpaired) electrons. The Morgan fingerprint density at radius 2 is 1.94 bits per heavy atom. The molecule has 3 aromatic rings. The molecule has 10 heteroatoms. The molecule has 0 amide bonds. The van der Waals surface area contributed by atoms with E-state index < -0.39 is 24.7 Å². The van der Waals surface area contributed by atoms with Crippen LogP contribution in [-0.4, -0.2) is 27.6 Å². The molecule has 0 unspecified atom stereocenters. The van der Waals surface area contributed by atoms with Gasteiger partial charge in [-0.05, 0) is 42.5 Å². The molecular formula is C22H19F4N3O3. The second kappa shape index (κ2) is 10.2. The number of hydrogen-bond donors (Lipinski definition) is 0. The summed E-state index contributed by atoms with van der Waals surface area (Å²) in [6, 6.07) is 7.75. The average molecular weight is 449 g/mol. The van der Waals surface area contributed by atoms with Gasteiger partial charge in [0.25, 0.3) is 5.89 Å². The summed E-state index contributed by atoms with van der Waals surface area (Å²) in [6.45, 7) is 2.67. The van der Waals surface area contributed by atoms with E-state index in [2.05, 4.69) is 26.5 Å². The van der Waals surface area contributed by atoms with Gasteiger partial charge in [-0.3, -0.25) is 9.78 Å². The van der Waals surface area contributed by atoms with E-state index in [0.717, 1.165) is 0 Å². The quantitative estimate of drug-likeness (QED) is 0.228. The average Bonchev–Trinajstić information content (AvgIpc) is 3.27. The van der Waals surface area contributed by atoms with Gasteiger partial charge in [-0.25, -0.2) is 0 Å². The summed E-state index contributed by atoms with van der Waals surface area (Å²) in [7, 11) is 0. The maximum Gasteiger partial charge on any atom is 0.387 e. The second-order valence-electron chi connectivity index (χ2n) is 6.74. The molecule has 32 heavy (non-hydrogen) atoms. The number of Topliss-reactive ketones (excluding diaryl/α,β-unsaturated/α-hetero) is 1. The molecule has 2 heterocycles. The van der Waals surface area contributed by atoms with Crippen LogP contribution < -0.4 is 4.74 Å². The number of alkyl halides is 4. The Kier molecular flexibility index (Phi) is 7.34. The van der Waals surface area contributed by atoms with Crippen molar-refractivity contribution in [2.75, 3.05) is 0 Å². The van der Waals surface area contributed by atoms with Gasteiger partial charge in [0, 0.05) is 11.8 Å². The number of allylic oxidation sites excluding steroid dienone is 1. The lowest BCUT2D eigenvalue weighted by Crippen LogP contribution is -2.10. The minimum absolute atomic E-state index is 0.0342. The normalized spacial score (nSPS) is 11.2. The Morgan fingerprint density at radius 3 is 2.59 bits per heavy atom. The monoisotopic (exact) mass is 449 g/mol. The molecule has 0 atom stereocenters. The number of aryl methyl sites for hydroxylation is 2. The van der Waals surface area contributed by atoms with Gasteiger partial charge in [0.15, 0.2) is 5.78 Å². The van der Waals surface area contributed by atoms with Crippen LogP contribution in [-0.2, 0) is 12.8 Å². The Bertz CT molecular complexity index is 1120. The molecule has 0 fully saturated rings. The lowest BCUT2D eigenvalue weighted by atomic mass is 9.95. The maximum absolute atomic E-state index is 13.0. The summed E-state index contributed by atoms with van der Waals surface area (Å²) in [5, 5.41) is 6.85. The Hall–Kier alpha value is -3.56. The van der Waals surface area contributed by atoms with E-state index in [1.54, 1.807) is 25.1 Å². The van der Waals surface area contributed by atoms with Gasteiger partial charge in [0.2, 0.25) is 5.89 Å². The molecule has 0 aliphatic rings. The predicted molar refractivity (Wildman–Crippen MR) is 107 cm³/mol. The highest BCUT2D eigenvalue weighted by Crippen LogP contribution is 2.27. The van der Waals surface area contributed by atoms with E-state index in [1.807, 2.05) is 0 Å². The molecular weight excluding hydrogens is 430 g/mol. The summed E-state index contributed by atoms with van der Waals surface area (Å²) in [5.74, 6) is -1.39. The van der Waals surface area contributed by atoms with Crippen molar-refractivity contribution >= 4 is 5.78 Å². The van der Waals surface area contributed by atoms with Crippen molar-refractivity contribution in [3.8, 4) is 17.2 Å². The van der Waals surface area contributed by atoms with Gasteiger partial charge >= 0.3 is 13.0 Å². The number of benzene rings is 1. The van der Waals surface area contributed by atoms with Crippen LogP contribution in [0.25, 0.3) is 11.5 Å². The molecule has 0 saturated heterocycles. The summed E-state index contributed by atoms with van der Waals surface area (Å²) in [5.41, 5.74) is 1.66. The van der Waals surface area contributed by atoms with Crippen molar-refractivity contribution in [2.45, 2.75) is 39.2 Å². The van der Waals surface area contributed by atoms with E-state index in [-0.39, 0.29) is 41.2 Å². The first-order chi connectivity index (χ1) is 15.3. The fourth-order valence-electron chi connectivity index (χ4n) is 3.04. The fourth-order valence-corrected chi connectivity index (χ4v) is 3.04. The molecule has 0 N–H and O–H groups in total. The molecule has 1 aromatic carbocycles. The first-order valence-electron chi connectivity index (χ1n) is 9.66. The van der Waals surface area contributed by atoms with Crippen LogP contribution in [0.15, 0.2) is 53.1 Å². The minimum atomic E-state index is -2.96. The number of aromatic nitrogens is 3. The summed E-state index contributed by atoms with van der Waals surface area (Å²) in [6.07, 6.45) is -0.683. The van der Waals surface area contributed by atoms with Crippen LogP contribution in [0, 0.1) is 0 Å². The van der Waals surface area contributed by atoms with Crippen LogP contribution in [0.5, 0.6) is 5.75 Å². The van der Waals surface area contributed by atoms with Crippen molar-refractivity contribution in [3.63, 3.8) is 0 Å². The molecule has 6 nitrogen and oxygen atoms in total. The number of ether oxygens (including phenoxy) is 1. The van der Waals surface area contributed by atoms with Crippen molar-refractivity contribution in [2.24, 2.45) is 0 Å². The lowest BCUT2D eigenvalue weighted by Gasteiger charge is -2.12. The van der Waals surface area contributed by atoms with E-state index in [0.29, 0.717) is 17.7 Å². The minimum Gasteiger partial charge on any atom is -0.435 e. The topological polar surface area (TPSA) is 78.1 Å². The molecule has 0 aliphatic carbocycles. The van der Waals surface area contributed by atoms with Crippen molar-refractivity contribution in [3.05, 3.63) is 71.4 Å². The summed E-state index contributed by atoms with van der Waals surface area (Å²) < 4.78 is 60.1. The number of carbonyl (C=O) groups is 1. The Labute approximate surface area is 180 Å². The van der Waals surface area contributed by atoms with Gasteiger partial charge in [-0.15, -0.1) is 10.2 Å². The molecule has 3 rings (SSSR count). The van der Waals surface area contributed by atoms with Crippen molar-refractivity contribution in [1.29, 1.82) is 0 Å². The van der Waals surface area contributed by atoms with E-state index in [1.165, 1.54) is 18.3 Å². The van der Waals surface area contributed by atoms with Crippen LogP contribution in [0.2, 0.25) is 0 Å². The third-order valence-corrected chi connectivity index (χ3v) is 4.63. The second-order valence-corrected chi connectivity index (χ2v) is 6.74. The number of ketones is 1. The molecule has 0 bridgehead atoms. The maximum atomic E-state index is 13.0. The van der Waals surface area contributed by atoms with Gasteiger partial charge in [-0.1, -0.05) is 31.7 Å². The molecule has 0 aliphatic heterocycles. The summed E-state index contributed by atoms with van der Waals surface area (Å²) in [4.78, 5) is 17.2. The standard InChI is InChI=1S/C22H19F4N3O3/c1-3-16-15(10-14(11-27-16)20-28-29-21(32-20)19(23)24)18(30)12(2)8-9-13-6-4-5-7-17(13)31-22(25)26/h4-7,10-11,19,22H,2-3,8-9H2,1H3. The zero-order chi connectivity index (χ0) is 23.3. The van der Waals surface area contributed by atoms with Crippen LogP contribution in [0.1, 0.15) is 47.3 Å². The fraction of sp³-hybridized carbons (Fsp3) is 0.273. The molecule has 2 aromatic heterocycles. The Balaban J connectivity index is 1.79. The van der Waals surface area contributed by atoms with Crippen molar-refractivity contribution in [1.82, 2.24) is 15.2 Å². The highest BCUT2D eigenvalue weighted by atomic mass is 19.3. The molecule has 0 saturated carbocycles. The van der Waals surface area contributed by atoms with Crippen LogP contribution in [0.3, 0.4) is 0 Å². The van der Waals surface area contributed by atoms with Gasteiger partial charge in [-0.2, -0.15) is 17.6 Å². The third kappa shape index (κ3) is 5.37.